The van der Waals surface area contributed by atoms with E-state index in [-0.39, 0.29) is 0 Å². The van der Waals surface area contributed by atoms with Crippen molar-refractivity contribution in [1.82, 2.24) is 4.90 Å². The molecule has 3 atom stereocenters. The molecule has 0 bridgehead atoms. The van der Waals surface area contributed by atoms with E-state index in [0.717, 1.165) is 6.04 Å². The molecule has 2 heteroatoms. The molecule has 11 heavy (non-hydrogen) atoms. The van der Waals surface area contributed by atoms with Crippen molar-refractivity contribution in [3.63, 3.8) is 0 Å². The summed E-state index contributed by atoms with van der Waals surface area (Å²) in [7, 11) is 2.18. The standard InChI is InChI=1S/C9H17NO/c1-7-10(2)8-5-3-4-6-9(8)11-7/h7-9H,3-6H2,1-2H3. The predicted octanol–water partition coefficient (Wildman–Crippen LogP) is 1.61. The van der Waals surface area contributed by atoms with Gasteiger partial charge < -0.3 is 4.74 Å². The molecule has 0 aromatic heterocycles. The fourth-order valence-electron chi connectivity index (χ4n) is 2.32. The van der Waals surface area contributed by atoms with Crippen molar-refractivity contribution in [2.24, 2.45) is 0 Å². The molecule has 2 aliphatic rings. The minimum atomic E-state index is 0.350. The molecule has 0 radical (unpaired) electrons. The largest absolute Gasteiger partial charge is 0.359 e. The van der Waals surface area contributed by atoms with Crippen LogP contribution in [0.25, 0.3) is 0 Å². The fraction of sp³-hybridized carbons (Fsp3) is 1.00. The predicted molar refractivity (Wildman–Crippen MR) is 44.4 cm³/mol. The summed E-state index contributed by atoms with van der Waals surface area (Å²) in [6, 6.07) is 0.721. The average Bonchev–Trinajstić information content (AvgIpc) is 2.30. The molecule has 0 aromatic rings. The summed E-state index contributed by atoms with van der Waals surface area (Å²) in [6.07, 6.45) is 6.26. The van der Waals surface area contributed by atoms with Crippen molar-refractivity contribution in [1.29, 1.82) is 0 Å². The first kappa shape index (κ1) is 7.56. The van der Waals surface area contributed by atoms with Crippen LogP contribution in [0.4, 0.5) is 0 Å². The van der Waals surface area contributed by atoms with E-state index in [1.54, 1.807) is 0 Å². The number of ether oxygens (including phenoxy) is 1. The number of nitrogens with zero attached hydrogens (tertiary/aromatic N) is 1. The summed E-state index contributed by atoms with van der Waals surface area (Å²) in [6.45, 7) is 2.15. The molecule has 1 saturated carbocycles. The van der Waals surface area contributed by atoms with Crippen LogP contribution in [0.1, 0.15) is 32.6 Å². The highest BCUT2D eigenvalue weighted by atomic mass is 16.5. The number of hydrogen-bond acceptors (Lipinski definition) is 2. The van der Waals surface area contributed by atoms with Gasteiger partial charge >= 0.3 is 0 Å². The number of hydrogen-bond donors (Lipinski definition) is 0. The number of fused-ring (bicyclic) bond motifs is 1. The van der Waals surface area contributed by atoms with Gasteiger partial charge in [-0.1, -0.05) is 12.8 Å². The lowest BCUT2D eigenvalue weighted by Gasteiger charge is -2.27. The third-order valence-electron chi connectivity index (χ3n) is 3.14. The number of rotatable bonds is 0. The van der Waals surface area contributed by atoms with E-state index in [4.69, 9.17) is 4.74 Å². The van der Waals surface area contributed by atoms with E-state index in [1.165, 1.54) is 25.7 Å². The Hall–Kier alpha value is -0.0800. The van der Waals surface area contributed by atoms with Crippen molar-refractivity contribution in [3.8, 4) is 0 Å². The van der Waals surface area contributed by atoms with E-state index < -0.39 is 0 Å². The van der Waals surface area contributed by atoms with E-state index >= 15 is 0 Å². The normalized spacial score (nSPS) is 45.8. The van der Waals surface area contributed by atoms with Gasteiger partial charge in [0.05, 0.1) is 6.10 Å². The lowest BCUT2D eigenvalue weighted by atomic mass is 9.93. The second-order valence-electron chi connectivity index (χ2n) is 3.79. The Labute approximate surface area is 68.5 Å². The fourth-order valence-corrected chi connectivity index (χ4v) is 2.32. The lowest BCUT2D eigenvalue weighted by Crippen LogP contribution is -2.36. The van der Waals surface area contributed by atoms with Gasteiger partial charge in [0.25, 0.3) is 0 Å². The summed E-state index contributed by atoms with van der Waals surface area (Å²) in [5.41, 5.74) is 0. The molecular formula is C9H17NO. The second kappa shape index (κ2) is 2.76. The van der Waals surface area contributed by atoms with Crippen molar-refractivity contribution in [2.45, 2.75) is 51.0 Å². The van der Waals surface area contributed by atoms with Crippen molar-refractivity contribution < 1.29 is 4.74 Å². The first-order valence-electron chi connectivity index (χ1n) is 4.66. The zero-order valence-corrected chi connectivity index (χ0v) is 7.42. The first-order chi connectivity index (χ1) is 5.29. The average molecular weight is 155 g/mol. The molecule has 0 amide bonds. The van der Waals surface area contributed by atoms with Gasteiger partial charge in [0.15, 0.2) is 0 Å². The zero-order valence-electron chi connectivity index (χ0n) is 7.42. The van der Waals surface area contributed by atoms with Gasteiger partial charge in [0.2, 0.25) is 0 Å². The smallest absolute Gasteiger partial charge is 0.108 e. The van der Waals surface area contributed by atoms with Crippen LogP contribution >= 0.6 is 0 Å². The SMILES string of the molecule is CC1OC2CCCCC2N1C. The molecule has 1 aliphatic heterocycles. The summed E-state index contributed by atoms with van der Waals surface area (Å²) < 4.78 is 5.80. The topological polar surface area (TPSA) is 12.5 Å². The van der Waals surface area contributed by atoms with Gasteiger partial charge in [-0.3, -0.25) is 4.90 Å². The molecule has 0 N–H and O–H groups in total. The highest BCUT2D eigenvalue weighted by Crippen LogP contribution is 2.32. The molecular weight excluding hydrogens is 138 g/mol. The van der Waals surface area contributed by atoms with Crippen LogP contribution in [-0.2, 0) is 4.74 Å². The third kappa shape index (κ3) is 1.18. The second-order valence-corrected chi connectivity index (χ2v) is 3.79. The summed E-state index contributed by atoms with van der Waals surface area (Å²) in [5, 5.41) is 0. The van der Waals surface area contributed by atoms with Gasteiger partial charge in [0.1, 0.15) is 6.23 Å². The molecule has 2 fully saturated rings. The lowest BCUT2D eigenvalue weighted by molar-refractivity contribution is 0.0162. The van der Waals surface area contributed by atoms with Crippen molar-refractivity contribution >= 4 is 0 Å². The maximum Gasteiger partial charge on any atom is 0.108 e. The van der Waals surface area contributed by atoms with Gasteiger partial charge in [-0.15, -0.1) is 0 Å². The third-order valence-corrected chi connectivity index (χ3v) is 3.14. The minimum Gasteiger partial charge on any atom is -0.359 e. The molecule has 2 rings (SSSR count). The van der Waals surface area contributed by atoms with E-state index in [1.807, 2.05) is 0 Å². The maximum absolute atomic E-state index is 5.80. The van der Waals surface area contributed by atoms with E-state index in [2.05, 4.69) is 18.9 Å². The zero-order chi connectivity index (χ0) is 7.84. The van der Waals surface area contributed by atoms with Gasteiger partial charge in [-0.05, 0) is 26.8 Å². The van der Waals surface area contributed by atoms with E-state index in [9.17, 15) is 0 Å². The number of likely N-dealkylation sites (N-methyl/N-ethyl adjacent to an activating group) is 1. The Morgan fingerprint density at radius 3 is 2.73 bits per heavy atom. The Balaban J connectivity index is 2.05. The Bertz CT molecular complexity index is 148. The van der Waals surface area contributed by atoms with Crippen LogP contribution in [0.5, 0.6) is 0 Å². The van der Waals surface area contributed by atoms with Crippen LogP contribution in [-0.4, -0.2) is 30.3 Å². The molecule has 64 valence electrons. The monoisotopic (exact) mass is 155 g/mol. The van der Waals surface area contributed by atoms with Crippen LogP contribution in [0.2, 0.25) is 0 Å². The molecule has 0 spiro atoms. The molecule has 1 saturated heterocycles. The van der Waals surface area contributed by atoms with Crippen molar-refractivity contribution in [3.05, 3.63) is 0 Å². The van der Waals surface area contributed by atoms with Crippen LogP contribution in [0, 0.1) is 0 Å². The van der Waals surface area contributed by atoms with Crippen LogP contribution in [0.15, 0.2) is 0 Å². The Morgan fingerprint density at radius 2 is 2.00 bits per heavy atom. The molecule has 1 heterocycles. The summed E-state index contributed by atoms with van der Waals surface area (Å²) in [4.78, 5) is 2.38. The van der Waals surface area contributed by atoms with Crippen molar-refractivity contribution in [2.75, 3.05) is 7.05 Å². The Kier molecular flexibility index (Phi) is 1.90. The minimum absolute atomic E-state index is 0.350. The Morgan fingerprint density at radius 1 is 1.27 bits per heavy atom. The maximum atomic E-state index is 5.80. The first-order valence-corrected chi connectivity index (χ1v) is 4.66. The van der Waals surface area contributed by atoms with Crippen LogP contribution in [0.3, 0.4) is 0 Å². The summed E-state index contributed by atoms with van der Waals surface area (Å²) >= 11 is 0. The van der Waals surface area contributed by atoms with Gasteiger partial charge in [-0.2, -0.15) is 0 Å². The highest BCUT2D eigenvalue weighted by Gasteiger charge is 2.38. The molecule has 3 unspecified atom stereocenters. The molecule has 2 nitrogen and oxygen atoms in total. The summed E-state index contributed by atoms with van der Waals surface area (Å²) in [5.74, 6) is 0. The molecule has 0 aromatic carbocycles. The van der Waals surface area contributed by atoms with E-state index in [0.29, 0.717) is 12.3 Å². The molecule has 1 aliphatic carbocycles. The van der Waals surface area contributed by atoms with Crippen LogP contribution < -0.4 is 0 Å². The quantitative estimate of drug-likeness (QED) is 0.527. The van der Waals surface area contributed by atoms with Gasteiger partial charge in [-0.25, -0.2) is 0 Å². The van der Waals surface area contributed by atoms with Gasteiger partial charge in [0, 0.05) is 6.04 Å². The highest BCUT2D eigenvalue weighted by molar-refractivity contribution is 4.88.